The lowest BCUT2D eigenvalue weighted by Gasteiger charge is -1.93. The van der Waals surface area contributed by atoms with Crippen LogP contribution in [0.2, 0.25) is 0 Å². The molecule has 0 aliphatic carbocycles. The van der Waals surface area contributed by atoms with E-state index in [1.54, 1.807) is 6.92 Å². The lowest BCUT2D eigenvalue weighted by Crippen LogP contribution is -2.12. The van der Waals surface area contributed by atoms with Crippen molar-refractivity contribution in [2.75, 3.05) is 12.0 Å². The van der Waals surface area contributed by atoms with Gasteiger partial charge in [0, 0.05) is 12.0 Å². The summed E-state index contributed by atoms with van der Waals surface area (Å²) in [6.45, 7) is 1.57. The third-order valence-electron chi connectivity index (χ3n) is 0.691. The summed E-state index contributed by atoms with van der Waals surface area (Å²) in [7, 11) is -2.95. The molecule has 0 amide bonds. The van der Waals surface area contributed by atoms with Gasteiger partial charge >= 0.3 is 0 Å². The highest BCUT2D eigenvalue weighted by molar-refractivity contribution is 7.91. The van der Waals surface area contributed by atoms with Crippen LogP contribution in [0.1, 0.15) is 6.92 Å². The summed E-state index contributed by atoms with van der Waals surface area (Å²) in [4.78, 5) is 0. The molecule has 0 aliphatic heterocycles. The van der Waals surface area contributed by atoms with Crippen LogP contribution in [0.4, 0.5) is 0 Å². The van der Waals surface area contributed by atoms with E-state index in [9.17, 15) is 8.42 Å². The Kier molecular flexibility index (Phi) is 2.64. The first-order valence-electron chi connectivity index (χ1n) is 2.37. The fraction of sp³-hybridized carbons (Fsp3) is 0.750. The van der Waals surface area contributed by atoms with Crippen molar-refractivity contribution in [3.8, 4) is 0 Å². The predicted molar refractivity (Wildman–Crippen MR) is 37.0 cm³/mol. The Bertz CT molecular complexity index is 205. The molecule has 5 heteroatoms. The van der Waals surface area contributed by atoms with Crippen LogP contribution in [0.25, 0.3) is 0 Å². The maximum absolute atomic E-state index is 10.5. The molecule has 0 saturated carbocycles. The van der Waals surface area contributed by atoms with Crippen molar-refractivity contribution in [2.24, 2.45) is 10.9 Å². The monoisotopic (exact) mass is 150 g/mol. The molecule has 0 saturated heterocycles. The molecular weight excluding hydrogens is 140 g/mol. The van der Waals surface area contributed by atoms with E-state index in [-0.39, 0.29) is 5.75 Å². The molecule has 9 heavy (non-hydrogen) atoms. The van der Waals surface area contributed by atoms with Crippen LogP contribution in [0.3, 0.4) is 0 Å². The average Bonchev–Trinajstić information content (AvgIpc) is 1.62. The molecule has 0 rings (SSSR count). The Morgan fingerprint density at radius 2 is 2.11 bits per heavy atom. The number of hydrogen-bond acceptors (Lipinski definition) is 4. The summed E-state index contributed by atoms with van der Waals surface area (Å²) in [5.41, 5.74) is 0.428. The number of hydrazone groups is 1. The van der Waals surface area contributed by atoms with Gasteiger partial charge in [0.2, 0.25) is 0 Å². The number of nitrogens with two attached hydrogens (primary N) is 1. The Balaban J connectivity index is 4.07. The summed E-state index contributed by atoms with van der Waals surface area (Å²) < 4.78 is 20.9. The molecule has 0 heterocycles. The summed E-state index contributed by atoms with van der Waals surface area (Å²) in [5.74, 6) is 4.75. The van der Waals surface area contributed by atoms with E-state index in [1.165, 1.54) is 0 Å². The van der Waals surface area contributed by atoms with E-state index in [0.717, 1.165) is 6.26 Å². The molecule has 2 N–H and O–H groups in total. The predicted octanol–water partition coefficient (Wildman–Crippen LogP) is -0.634. The molecule has 0 radical (unpaired) electrons. The number of hydrogen-bond donors (Lipinski definition) is 1. The Morgan fingerprint density at radius 3 is 2.22 bits per heavy atom. The highest BCUT2D eigenvalue weighted by Gasteiger charge is 2.02. The maximum atomic E-state index is 10.5. The molecule has 4 nitrogen and oxygen atoms in total. The van der Waals surface area contributed by atoms with Gasteiger partial charge in [-0.2, -0.15) is 5.10 Å². The van der Waals surface area contributed by atoms with Crippen molar-refractivity contribution in [3.63, 3.8) is 0 Å². The molecule has 54 valence electrons. The van der Waals surface area contributed by atoms with Gasteiger partial charge in [-0.15, -0.1) is 0 Å². The highest BCUT2D eigenvalue weighted by Crippen LogP contribution is 1.83. The minimum Gasteiger partial charge on any atom is -0.323 e. The topological polar surface area (TPSA) is 72.5 Å². The number of rotatable bonds is 2. The van der Waals surface area contributed by atoms with Crippen molar-refractivity contribution < 1.29 is 8.42 Å². The maximum Gasteiger partial charge on any atom is 0.152 e. The molecule has 0 aromatic carbocycles. The average molecular weight is 150 g/mol. The van der Waals surface area contributed by atoms with E-state index >= 15 is 0 Å². The minimum absolute atomic E-state index is 0.0521. The lowest BCUT2D eigenvalue weighted by molar-refractivity contribution is 0.605. The first-order valence-corrected chi connectivity index (χ1v) is 4.43. The first kappa shape index (κ1) is 8.42. The number of nitrogens with zero attached hydrogens (tertiary/aromatic N) is 1. The van der Waals surface area contributed by atoms with Crippen molar-refractivity contribution in [1.82, 2.24) is 0 Å². The van der Waals surface area contributed by atoms with Crippen molar-refractivity contribution in [2.45, 2.75) is 6.92 Å². The zero-order chi connectivity index (χ0) is 7.49. The van der Waals surface area contributed by atoms with Gasteiger partial charge < -0.3 is 5.84 Å². The molecule has 0 fully saturated rings. The van der Waals surface area contributed by atoms with Crippen LogP contribution in [0.15, 0.2) is 5.10 Å². The molecule has 0 atom stereocenters. The van der Waals surface area contributed by atoms with E-state index in [0.29, 0.717) is 5.71 Å². The molecule has 0 aromatic rings. The van der Waals surface area contributed by atoms with E-state index in [1.807, 2.05) is 0 Å². The second-order valence-corrected chi connectivity index (χ2v) is 4.07. The number of sulfone groups is 1. The van der Waals surface area contributed by atoms with Gasteiger partial charge in [-0.3, -0.25) is 0 Å². The fourth-order valence-corrected chi connectivity index (χ4v) is 1.25. The van der Waals surface area contributed by atoms with Crippen LogP contribution in [0.5, 0.6) is 0 Å². The molecule has 0 spiro atoms. The third-order valence-corrected chi connectivity index (χ3v) is 1.63. The Hall–Kier alpha value is -0.580. The van der Waals surface area contributed by atoms with E-state index in [4.69, 9.17) is 5.84 Å². The van der Waals surface area contributed by atoms with Crippen LogP contribution < -0.4 is 5.84 Å². The van der Waals surface area contributed by atoms with Crippen molar-refractivity contribution >= 4 is 15.5 Å². The van der Waals surface area contributed by atoms with Crippen LogP contribution in [-0.2, 0) is 9.84 Å². The van der Waals surface area contributed by atoms with Crippen molar-refractivity contribution in [3.05, 3.63) is 0 Å². The Labute approximate surface area is 54.7 Å². The largest absolute Gasteiger partial charge is 0.323 e. The minimum atomic E-state index is -2.95. The summed E-state index contributed by atoms with van der Waals surface area (Å²) in [6.07, 6.45) is 1.14. The van der Waals surface area contributed by atoms with Gasteiger partial charge in [-0.1, -0.05) is 0 Å². The third kappa shape index (κ3) is 5.29. The van der Waals surface area contributed by atoms with Crippen LogP contribution in [0, 0.1) is 0 Å². The smallest absolute Gasteiger partial charge is 0.152 e. The van der Waals surface area contributed by atoms with Gasteiger partial charge in [-0.25, -0.2) is 8.42 Å². The second-order valence-electron chi connectivity index (χ2n) is 1.93. The standard InChI is InChI=1S/C4H10N2O2S/c1-4(6-5)3-9(2,7)8/h3,5H2,1-2H3. The fourth-order valence-electron chi connectivity index (χ4n) is 0.417. The SMILES string of the molecule is CC(CS(C)(=O)=O)=NN. The van der Waals surface area contributed by atoms with Gasteiger partial charge in [-0.05, 0) is 6.92 Å². The summed E-state index contributed by atoms with van der Waals surface area (Å²) in [6, 6.07) is 0. The zero-order valence-electron chi connectivity index (χ0n) is 5.46. The molecule has 0 bridgehead atoms. The van der Waals surface area contributed by atoms with Gasteiger partial charge in [0.05, 0.1) is 5.75 Å². The van der Waals surface area contributed by atoms with Gasteiger partial charge in [0.1, 0.15) is 0 Å². The molecule has 0 aromatic heterocycles. The van der Waals surface area contributed by atoms with E-state index in [2.05, 4.69) is 5.10 Å². The normalized spacial score (nSPS) is 13.8. The summed E-state index contributed by atoms with van der Waals surface area (Å²) in [5, 5.41) is 3.21. The van der Waals surface area contributed by atoms with Crippen molar-refractivity contribution in [1.29, 1.82) is 0 Å². The van der Waals surface area contributed by atoms with E-state index < -0.39 is 9.84 Å². The van der Waals surface area contributed by atoms with Gasteiger partial charge in [0.25, 0.3) is 0 Å². The zero-order valence-corrected chi connectivity index (χ0v) is 6.27. The first-order chi connectivity index (χ1) is 3.95. The molecule has 0 unspecified atom stereocenters. The molecule has 0 aliphatic rings. The quantitative estimate of drug-likeness (QED) is 0.323. The molecular formula is C4H10N2O2S. The second kappa shape index (κ2) is 2.82. The lowest BCUT2D eigenvalue weighted by atomic mass is 10.5. The summed E-state index contributed by atoms with van der Waals surface area (Å²) >= 11 is 0. The van der Waals surface area contributed by atoms with Crippen LogP contribution in [-0.4, -0.2) is 26.1 Å². The highest BCUT2D eigenvalue weighted by atomic mass is 32.2. The van der Waals surface area contributed by atoms with Gasteiger partial charge in [0.15, 0.2) is 9.84 Å². The van der Waals surface area contributed by atoms with Crippen LogP contribution >= 0.6 is 0 Å². The Morgan fingerprint density at radius 1 is 1.67 bits per heavy atom.